The molecule has 2 aromatic rings. The van der Waals surface area contributed by atoms with Crippen molar-refractivity contribution in [1.82, 2.24) is 5.32 Å². The molecule has 0 fully saturated rings. The van der Waals surface area contributed by atoms with Gasteiger partial charge in [-0.05, 0) is 38.0 Å². The number of methoxy groups -OCH3 is 1. The lowest BCUT2D eigenvalue weighted by atomic mass is 10.0. The van der Waals surface area contributed by atoms with Crippen LogP contribution in [-0.4, -0.2) is 30.1 Å². The van der Waals surface area contributed by atoms with E-state index >= 15 is 0 Å². The minimum absolute atomic E-state index is 0.217. The predicted octanol–water partition coefficient (Wildman–Crippen LogP) is 1.94. The van der Waals surface area contributed by atoms with Crippen LogP contribution >= 0.6 is 0 Å². The van der Waals surface area contributed by atoms with Crippen molar-refractivity contribution in [1.29, 1.82) is 0 Å². The van der Waals surface area contributed by atoms with E-state index in [2.05, 4.69) is 5.32 Å². The molecular weight excluding hydrogens is 326 g/mol. The first-order chi connectivity index (χ1) is 11.8. The highest BCUT2D eigenvalue weighted by molar-refractivity contribution is 5.88. The largest absolute Gasteiger partial charge is 0.496 e. The Labute approximate surface area is 144 Å². The second kappa shape index (κ2) is 7.38. The zero-order valence-electron chi connectivity index (χ0n) is 14.6. The summed E-state index contributed by atoms with van der Waals surface area (Å²) in [6.07, 6.45) is 0.0182. The summed E-state index contributed by atoms with van der Waals surface area (Å²) in [6, 6.07) is 2.56. The van der Waals surface area contributed by atoms with Crippen LogP contribution in [0.15, 0.2) is 21.3 Å². The number of amides is 1. The molecule has 0 aliphatic carbocycles. The van der Waals surface area contributed by atoms with Gasteiger partial charge in [-0.3, -0.25) is 4.79 Å². The highest BCUT2D eigenvalue weighted by Gasteiger charge is 2.21. The maximum absolute atomic E-state index is 12.3. The number of hydrogen-bond donors (Lipinski definition) is 2. The number of benzene rings is 1. The molecule has 0 aliphatic heterocycles. The molecule has 0 saturated heterocycles. The molecule has 1 aromatic heterocycles. The maximum atomic E-state index is 12.3. The zero-order valence-corrected chi connectivity index (χ0v) is 14.6. The van der Waals surface area contributed by atoms with E-state index in [1.165, 1.54) is 7.11 Å². The van der Waals surface area contributed by atoms with Gasteiger partial charge in [0, 0.05) is 10.9 Å². The molecule has 0 bridgehead atoms. The minimum Gasteiger partial charge on any atom is -0.496 e. The van der Waals surface area contributed by atoms with Crippen molar-refractivity contribution in [3.63, 3.8) is 0 Å². The molecule has 134 valence electrons. The molecule has 1 atom stereocenters. The summed E-state index contributed by atoms with van der Waals surface area (Å²) in [5.74, 6) is -1.04. The summed E-state index contributed by atoms with van der Waals surface area (Å²) < 4.78 is 10.6. The van der Waals surface area contributed by atoms with Crippen LogP contribution in [0.3, 0.4) is 0 Å². The Morgan fingerprint density at radius 2 is 1.96 bits per heavy atom. The quantitative estimate of drug-likeness (QED) is 0.774. The van der Waals surface area contributed by atoms with Crippen molar-refractivity contribution in [3.8, 4) is 5.75 Å². The summed E-state index contributed by atoms with van der Waals surface area (Å²) in [5, 5.41) is 12.1. The van der Waals surface area contributed by atoms with Crippen molar-refractivity contribution in [2.24, 2.45) is 0 Å². The number of aryl methyl sites for hydroxylation is 2. The molecule has 1 heterocycles. The molecule has 7 nitrogen and oxygen atoms in total. The Kier molecular flexibility index (Phi) is 5.46. The Hall–Kier alpha value is -2.83. The van der Waals surface area contributed by atoms with E-state index in [1.807, 2.05) is 0 Å². The molecule has 0 saturated carbocycles. The van der Waals surface area contributed by atoms with Crippen LogP contribution in [-0.2, 0) is 16.0 Å². The molecule has 25 heavy (non-hydrogen) atoms. The van der Waals surface area contributed by atoms with E-state index < -0.39 is 23.5 Å². The van der Waals surface area contributed by atoms with Gasteiger partial charge in [0.05, 0.1) is 19.1 Å². The normalized spacial score (nSPS) is 12.0. The monoisotopic (exact) mass is 347 g/mol. The van der Waals surface area contributed by atoms with E-state index in [-0.39, 0.29) is 18.4 Å². The Morgan fingerprint density at radius 1 is 1.28 bits per heavy atom. The molecule has 2 N–H and O–H groups in total. The number of nitrogens with one attached hydrogen (secondary N) is 1. The van der Waals surface area contributed by atoms with E-state index in [9.17, 15) is 14.4 Å². The summed E-state index contributed by atoms with van der Waals surface area (Å²) in [7, 11) is 1.53. The van der Waals surface area contributed by atoms with Gasteiger partial charge >= 0.3 is 11.6 Å². The van der Waals surface area contributed by atoms with Crippen LogP contribution in [0.1, 0.15) is 30.0 Å². The molecule has 1 amide bonds. The third kappa shape index (κ3) is 3.65. The number of carbonyl (C=O) groups excluding carboxylic acids is 1. The van der Waals surface area contributed by atoms with Crippen molar-refractivity contribution in [2.75, 3.05) is 7.11 Å². The third-order valence-electron chi connectivity index (χ3n) is 4.25. The van der Waals surface area contributed by atoms with Crippen LogP contribution in [0, 0.1) is 13.8 Å². The summed E-state index contributed by atoms with van der Waals surface area (Å²) in [5.41, 5.74) is 1.36. The number of fused-ring (bicyclic) bond motifs is 1. The number of rotatable bonds is 6. The molecular formula is C18H21NO6. The fraction of sp³-hybridized carbons (Fsp3) is 0.389. The highest BCUT2D eigenvalue weighted by Crippen LogP contribution is 2.29. The minimum atomic E-state index is -1.11. The molecule has 0 unspecified atom stereocenters. The number of carbonyl (C=O) groups is 2. The van der Waals surface area contributed by atoms with Crippen LogP contribution in [0.4, 0.5) is 0 Å². The van der Waals surface area contributed by atoms with E-state index in [0.29, 0.717) is 27.8 Å². The lowest BCUT2D eigenvalue weighted by Crippen LogP contribution is -2.41. The second-order valence-electron chi connectivity index (χ2n) is 5.81. The Balaban J connectivity index is 2.41. The predicted molar refractivity (Wildman–Crippen MR) is 92.1 cm³/mol. The van der Waals surface area contributed by atoms with Crippen molar-refractivity contribution in [2.45, 2.75) is 39.7 Å². The van der Waals surface area contributed by atoms with E-state index in [4.69, 9.17) is 14.3 Å². The number of carboxylic acids is 1. The molecule has 1 aromatic carbocycles. The van der Waals surface area contributed by atoms with Gasteiger partial charge in [0.1, 0.15) is 17.4 Å². The maximum Gasteiger partial charge on any atom is 0.340 e. The first-order valence-electron chi connectivity index (χ1n) is 7.92. The van der Waals surface area contributed by atoms with Gasteiger partial charge in [-0.15, -0.1) is 0 Å². The van der Waals surface area contributed by atoms with Crippen LogP contribution in [0.5, 0.6) is 5.75 Å². The fourth-order valence-electron chi connectivity index (χ4n) is 2.74. The van der Waals surface area contributed by atoms with E-state index in [0.717, 1.165) is 0 Å². The number of aliphatic carboxylic acids is 1. The standard InChI is InChI=1S/C18H21NO6/c1-5-13(17(21)22)19-15(20)8-12-9(2)11-6-7-14(24-4)10(3)16(11)25-18(12)23/h6-7,13H,5,8H2,1-4H3,(H,19,20)(H,21,22)/t13-/m0/s1. The molecule has 7 heteroatoms. The molecule has 0 spiro atoms. The Bertz CT molecular complexity index is 883. The SMILES string of the molecule is CC[C@H](NC(=O)Cc1c(C)c2ccc(OC)c(C)c2oc1=O)C(=O)O. The van der Waals surface area contributed by atoms with Gasteiger partial charge in [0.2, 0.25) is 5.91 Å². The van der Waals surface area contributed by atoms with Crippen LogP contribution in [0.25, 0.3) is 11.0 Å². The zero-order chi connectivity index (χ0) is 18.7. The van der Waals surface area contributed by atoms with Crippen molar-refractivity contribution in [3.05, 3.63) is 39.2 Å². The van der Waals surface area contributed by atoms with Crippen molar-refractivity contribution < 1.29 is 23.8 Å². The van der Waals surface area contributed by atoms with Crippen molar-refractivity contribution >= 4 is 22.8 Å². The number of carboxylic acid groups (broad SMARTS) is 1. The lowest BCUT2D eigenvalue weighted by Gasteiger charge is -2.14. The Morgan fingerprint density at radius 3 is 2.52 bits per heavy atom. The smallest absolute Gasteiger partial charge is 0.340 e. The highest BCUT2D eigenvalue weighted by atomic mass is 16.5. The molecule has 0 radical (unpaired) electrons. The summed E-state index contributed by atoms with van der Waals surface area (Å²) in [6.45, 7) is 5.18. The van der Waals surface area contributed by atoms with Crippen LogP contribution in [0.2, 0.25) is 0 Å². The molecule has 2 rings (SSSR count). The van der Waals surface area contributed by atoms with Gasteiger partial charge in [-0.25, -0.2) is 9.59 Å². The summed E-state index contributed by atoms with van der Waals surface area (Å²) >= 11 is 0. The van der Waals surface area contributed by atoms with Gasteiger partial charge in [0.15, 0.2) is 0 Å². The van der Waals surface area contributed by atoms with E-state index in [1.54, 1.807) is 32.9 Å². The van der Waals surface area contributed by atoms with Gasteiger partial charge in [-0.1, -0.05) is 6.92 Å². The third-order valence-corrected chi connectivity index (χ3v) is 4.25. The van der Waals surface area contributed by atoms with Gasteiger partial charge in [-0.2, -0.15) is 0 Å². The summed E-state index contributed by atoms with van der Waals surface area (Å²) in [4.78, 5) is 35.5. The molecule has 0 aliphatic rings. The lowest BCUT2D eigenvalue weighted by molar-refractivity contribution is -0.141. The fourth-order valence-corrected chi connectivity index (χ4v) is 2.74. The second-order valence-corrected chi connectivity index (χ2v) is 5.81. The first kappa shape index (κ1) is 18.5. The van der Waals surface area contributed by atoms with Gasteiger partial charge in [0.25, 0.3) is 0 Å². The average molecular weight is 347 g/mol. The first-order valence-corrected chi connectivity index (χ1v) is 7.92. The average Bonchev–Trinajstić information content (AvgIpc) is 2.57. The number of ether oxygens (including phenoxy) is 1. The van der Waals surface area contributed by atoms with Crippen LogP contribution < -0.4 is 15.7 Å². The number of hydrogen-bond acceptors (Lipinski definition) is 5. The topological polar surface area (TPSA) is 106 Å². The van der Waals surface area contributed by atoms with Gasteiger partial charge < -0.3 is 19.6 Å².